The van der Waals surface area contributed by atoms with Crippen LogP contribution in [0, 0.1) is 23.1 Å². The highest BCUT2D eigenvalue weighted by molar-refractivity contribution is 5.94. The monoisotopic (exact) mass is 419 g/mol. The van der Waals surface area contributed by atoms with Crippen molar-refractivity contribution in [2.75, 3.05) is 32.7 Å². The van der Waals surface area contributed by atoms with Gasteiger partial charge in [-0.05, 0) is 55.8 Å². The molecule has 2 fully saturated rings. The Balaban J connectivity index is 1.28. The molecule has 4 rings (SSSR count). The van der Waals surface area contributed by atoms with Crippen molar-refractivity contribution in [2.45, 2.75) is 18.8 Å². The van der Waals surface area contributed by atoms with E-state index < -0.39 is 5.41 Å². The molecule has 1 unspecified atom stereocenters. The molecule has 160 valence electrons. The summed E-state index contributed by atoms with van der Waals surface area (Å²) in [6.45, 7) is 3.41. The third kappa shape index (κ3) is 4.78. The van der Waals surface area contributed by atoms with Gasteiger partial charge in [-0.1, -0.05) is 36.3 Å². The number of carbonyl (C=O) groups is 2. The minimum atomic E-state index is -0.432. The summed E-state index contributed by atoms with van der Waals surface area (Å²) in [4.78, 5) is 26.9. The first-order valence-electron chi connectivity index (χ1n) is 10.7. The largest absolute Gasteiger partial charge is 0.355 e. The first-order chi connectivity index (χ1) is 15.1. The maximum atomic E-state index is 13.3. The highest BCUT2D eigenvalue weighted by Crippen LogP contribution is 2.47. The third-order valence-corrected chi connectivity index (χ3v) is 6.41. The number of amides is 2. The van der Waals surface area contributed by atoms with Crippen molar-refractivity contribution in [1.82, 2.24) is 15.5 Å². The summed E-state index contributed by atoms with van der Waals surface area (Å²) in [5.74, 6) is 5.08. The maximum absolute atomic E-state index is 13.3. The second-order valence-electron chi connectivity index (χ2n) is 8.18. The highest BCUT2D eigenvalue weighted by atomic mass is 19.1. The Morgan fingerprint density at radius 1 is 1.13 bits per heavy atom. The van der Waals surface area contributed by atoms with E-state index in [1.54, 1.807) is 12.1 Å². The van der Waals surface area contributed by atoms with Crippen LogP contribution in [-0.2, 0) is 9.59 Å². The van der Waals surface area contributed by atoms with Gasteiger partial charge >= 0.3 is 0 Å². The van der Waals surface area contributed by atoms with E-state index in [4.69, 9.17) is 0 Å². The standard InChI is InChI=1S/C25H26FN3O2/c26-21-9-7-20(8-10-21)22-18-28-24(31)25(22)12-15-29(16-13-25)17-14-27-23(30)11-6-19-4-2-1-3-5-19/h1-5,7-10,22H,12-18H2,(H,27,30)(H,28,31). The molecule has 2 aromatic rings. The summed E-state index contributed by atoms with van der Waals surface area (Å²) in [5, 5.41) is 5.86. The molecular formula is C25H26FN3O2. The minimum absolute atomic E-state index is 0.0655. The number of piperidine rings is 1. The number of carbonyl (C=O) groups excluding carboxylic acids is 2. The van der Waals surface area contributed by atoms with Gasteiger partial charge in [0.1, 0.15) is 5.82 Å². The average Bonchev–Trinajstić information content (AvgIpc) is 3.10. The summed E-state index contributed by atoms with van der Waals surface area (Å²) < 4.78 is 13.3. The number of likely N-dealkylation sites (tertiary alicyclic amines) is 1. The zero-order valence-corrected chi connectivity index (χ0v) is 17.4. The Kier molecular flexibility index (Phi) is 6.34. The predicted molar refractivity (Wildman–Crippen MR) is 117 cm³/mol. The van der Waals surface area contributed by atoms with Crippen LogP contribution < -0.4 is 10.6 Å². The van der Waals surface area contributed by atoms with Crippen molar-refractivity contribution in [3.05, 3.63) is 71.5 Å². The fourth-order valence-electron chi connectivity index (χ4n) is 4.63. The molecule has 2 aliphatic heterocycles. The summed E-state index contributed by atoms with van der Waals surface area (Å²) in [6, 6.07) is 15.9. The lowest BCUT2D eigenvalue weighted by molar-refractivity contribution is -0.130. The van der Waals surface area contributed by atoms with E-state index in [0.717, 1.165) is 43.6 Å². The van der Waals surface area contributed by atoms with Crippen molar-refractivity contribution in [3.8, 4) is 11.8 Å². The Morgan fingerprint density at radius 3 is 2.55 bits per heavy atom. The first kappa shape index (κ1) is 21.1. The summed E-state index contributed by atoms with van der Waals surface area (Å²) in [6.07, 6.45) is 1.51. The number of nitrogens with zero attached hydrogens (tertiary/aromatic N) is 1. The second kappa shape index (κ2) is 9.32. The number of hydrogen-bond donors (Lipinski definition) is 2. The number of rotatable bonds is 4. The third-order valence-electron chi connectivity index (χ3n) is 6.41. The minimum Gasteiger partial charge on any atom is -0.355 e. The molecule has 6 heteroatoms. The van der Waals surface area contributed by atoms with E-state index in [2.05, 4.69) is 27.4 Å². The van der Waals surface area contributed by atoms with Crippen LogP contribution in [0.3, 0.4) is 0 Å². The van der Waals surface area contributed by atoms with Gasteiger partial charge in [0.2, 0.25) is 5.91 Å². The van der Waals surface area contributed by atoms with E-state index in [-0.39, 0.29) is 23.5 Å². The van der Waals surface area contributed by atoms with E-state index in [9.17, 15) is 14.0 Å². The van der Waals surface area contributed by atoms with Crippen molar-refractivity contribution in [2.24, 2.45) is 5.41 Å². The molecule has 0 bridgehead atoms. The zero-order valence-electron chi connectivity index (χ0n) is 17.4. The Hall–Kier alpha value is -3.17. The fraction of sp³-hybridized carbons (Fsp3) is 0.360. The van der Waals surface area contributed by atoms with Gasteiger partial charge in [-0.15, -0.1) is 0 Å². The van der Waals surface area contributed by atoms with Crippen LogP contribution in [0.4, 0.5) is 4.39 Å². The van der Waals surface area contributed by atoms with Crippen LogP contribution in [0.15, 0.2) is 54.6 Å². The Labute approximate surface area is 182 Å². The lowest BCUT2D eigenvalue weighted by Gasteiger charge is -2.41. The summed E-state index contributed by atoms with van der Waals surface area (Å²) in [5.41, 5.74) is 1.39. The quantitative estimate of drug-likeness (QED) is 0.748. The molecule has 0 radical (unpaired) electrons. The summed E-state index contributed by atoms with van der Waals surface area (Å²) in [7, 11) is 0. The molecule has 0 saturated carbocycles. The molecular weight excluding hydrogens is 393 g/mol. The number of nitrogens with one attached hydrogen (secondary N) is 2. The lowest BCUT2D eigenvalue weighted by Crippen LogP contribution is -2.47. The molecule has 0 aliphatic carbocycles. The van der Waals surface area contributed by atoms with Crippen molar-refractivity contribution < 1.29 is 14.0 Å². The van der Waals surface area contributed by atoms with Gasteiger partial charge in [0.25, 0.3) is 5.91 Å². The molecule has 2 aliphatic rings. The number of benzene rings is 2. The summed E-state index contributed by atoms with van der Waals surface area (Å²) >= 11 is 0. The van der Waals surface area contributed by atoms with Crippen LogP contribution in [0.2, 0.25) is 0 Å². The molecule has 2 heterocycles. The van der Waals surface area contributed by atoms with Crippen molar-refractivity contribution in [3.63, 3.8) is 0 Å². The lowest BCUT2D eigenvalue weighted by atomic mass is 9.68. The first-order valence-corrected chi connectivity index (χ1v) is 10.7. The van der Waals surface area contributed by atoms with E-state index in [1.165, 1.54) is 12.1 Å². The normalized spacial score (nSPS) is 20.0. The van der Waals surface area contributed by atoms with Gasteiger partial charge < -0.3 is 15.5 Å². The van der Waals surface area contributed by atoms with Crippen LogP contribution in [-0.4, -0.2) is 49.4 Å². The van der Waals surface area contributed by atoms with Crippen LogP contribution in [0.1, 0.15) is 29.9 Å². The zero-order chi connectivity index (χ0) is 21.7. The number of hydrogen-bond acceptors (Lipinski definition) is 3. The van der Waals surface area contributed by atoms with Gasteiger partial charge in [0.15, 0.2) is 0 Å². The molecule has 31 heavy (non-hydrogen) atoms. The van der Waals surface area contributed by atoms with Gasteiger partial charge in [-0.25, -0.2) is 4.39 Å². The topological polar surface area (TPSA) is 61.4 Å². The molecule has 2 aromatic carbocycles. The second-order valence-corrected chi connectivity index (χ2v) is 8.18. The van der Waals surface area contributed by atoms with E-state index in [1.807, 2.05) is 30.3 Å². The number of halogens is 1. The molecule has 2 saturated heterocycles. The van der Waals surface area contributed by atoms with Gasteiger partial charge in [-0.3, -0.25) is 9.59 Å². The molecule has 5 nitrogen and oxygen atoms in total. The van der Waals surface area contributed by atoms with Crippen LogP contribution in [0.5, 0.6) is 0 Å². The average molecular weight is 420 g/mol. The molecule has 2 amide bonds. The molecule has 1 atom stereocenters. The Morgan fingerprint density at radius 2 is 1.84 bits per heavy atom. The highest BCUT2D eigenvalue weighted by Gasteiger charge is 2.51. The fourth-order valence-corrected chi connectivity index (χ4v) is 4.63. The predicted octanol–water partition coefficient (Wildman–Crippen LogP) is 2.29. The van der Waals surface area contributed by atoms with Gasteiger partial charge in [-0.2, -0.15) is 0 Å². The van der Waals surface area contributed by atoms with Gasteiger partial charge in [0, 0.05) is 37.0 Å². The Bertz CT molecular complexity index is 987. The van der Waals surface area contributed by atoms with Crippen LogP contribution >= 0.6 is 0 Å². The van der Waals surface area contributed by atoms with E-state index in [0.29, 0.717) is 13.1 Å². The van der Waals surface area contributed by atoms with Crippen molar-refractivity contribution in [1.29, 1.82) is 0 Å². The van der Waals surface area contributed by atoms with E-state index >= 15 is 0 Å². The molecule has 1 spiro atoms. The van der Waals surface area contributed by atoms with Gasteiger partial charge in [0.05, 0.1) is 5.41 Å². The maximum Gasteiger partial charge on any atom is 0.296 e. The molecule has 0 aromatic heterocycles. The smallest absolute Gasteiger partial charge is 0.296 e. The molecule has 2 N–H and O–H groups in total. The van der Waals surface area contributed by atoms with Crippen LogP contribution in [0.25, 0.3) is 0 Å². The SMILES string of the molecule is O=C(C#Cc1ccccc1)NCCN1CCC2(CC1)C(=O)NCC2c1ccc(F)cc1. The van der Waals surface area contributed by atoms with Crippen molar-refractivity contribution >= 4 is 11.8 Å².